The highest BCUT2D eigenvalue weighted by Gasteiger charge is 2.17. The van der Waals surface area contributed by atoms with E-state index in [1.165, 1.54) is 19.1 Å². The van der Waals surface area contributed by atoms with E-state index >= 15 is 0 Å². The third-order valence-corrected chi connectivity index (χ3v) is 1.97. The summed E-state index contributed by atoms with van der Waals surface area (Å²) in [5.74, 6) is -0.748. The van der Waals surface area contributed by atoms with Crippen LogP contribution in [0.1, 0.15) is 33.2 Å². The summed E-state index contributed by atoms with van der Waals surface area (Å²) >= 11 is 0. The summed E-state index contributed by atoms with van der Waals surface area (Å²) in [6.45, 7) is -0.218. The molecule has 0 atom stereocenters. The monoisotopic (exact) mass is 228 g/mol. The molecule has 3 nitrogen and oxygen atoms in total. The Morgan fingerprint density at radius 3 is 2.50 bits per heavy atom. The summed E-state index contributed by atoms with van der Waals surface area (Å²) in [7, 11) is 0. The first kappa shape index (κ1) is 12.3. The standard InChI is InChI=1S/C11H10F2O3/c1-6-3-8(5-14)10(7(2)15)9(4-6)16-11(12)13/h3-5,11H,1-2H3. The molecule has 86 valence electrons. The Morgan fingerprint density at radius 2 is 2.06 bits per heavy atom. The van der Waals surface area contributed by atoms with Crippen LogP contribution in [0.25, 0.3) is 0 Å². The minimum atomic E-state index is -3.03. The molecule has 0 aliphatic heterocycles. The number of hydrogen-bond acceptors (Lipinski definition) is 3. The van der Waals surface area contributed by atoms with Gasteiger partial charge in [-0.1, -0.05) is 0 Å². The number of alkyl halides is 2. The van der Waals surface area contributed by atoms with Gasteiger partial charge in [0.25, 0.3) is 0 Å². The molecule has 0 aliphatic carbocycles. The van der Waals surface area contributed by atoms with Gasteiger partial charge in [0.15, 0.2) is 12.1 Å². The highest BCUT2D eigenvalue weighted by molar-refractivity contribution is 6.04. The summed E-state index contributed by atoms with van der Waals surface area (Å²) in [6.07, 6.45) is 0.446. The van der Waals surface area contributed by atoms with Crippen molar-refractivity contribution in [3.8, 4) is 5.75 Å². The van der Waals surface area contributed by atoms with Crippen LogP contribution in [0.4, 0.5) is 8.78 Å². The average molecular weight is 228 g/mol. The van der Waals surface area contributed by atoms with Crippen molar-refractivity contribution in [1.29, 1.82) is 0 Å². The van der Waals surface area contributed by atoms with Crippen molar-refractivity contribution in [2.45, 2.75) is 20.5 Å². The number of ketones is 1. The number of rotatable bonds is 4. The molecular weight excluding hydrogens is 218 g/mol. The van der Waals surface area contributed by atoms with Crippen molar-refractivity contribution in [3.63, 3.8) is 0 Å². The molecule has 0 aromatic heterocycles. The summed E-state index contributed by atoms with van der Waals surface area (Å²) in [4.78, 5) is 22.0. The van der Waals surface area contributed by atoms with E-state index in [0.717, 1.165) is 0 Å². The van der Waals surface area contributed by atoms with Crippen LogP contribution in [0.3, 0.4) is 0 Å². The fraction of sp³-hybridized carbons (Fsp3) is 0.273. The topological polar surface area (TPSA) is 43.4 Å². The van der Waals surface area contributed by atoms with Crippen LogP contribution in [-0.4, -0.2) is 18.7 Å². The van der Waals surface area contributed by atoms with Gasteiger partial charge in [0.05, 0.1) is 5.56 Å². The lowest BCUT2D eigenvalue weighted by Gasteiger charge is -2.11. The third-order valence-electron chi connectivity index (χ3n) is 1.97. The molecule has 0 saturated carbocycles. The van der Waals surface area contributed by atoms with Gasteiger partial charge in [-0.3, -0.25) is 9.59 Å². The molecule has 0 N–H and O–H groups in total. The van der Waals surface area contributed by atoms with E-state index in [1.54, 1.807) is 6.92 Å². The largest absolute Gasteiger partial charge is 0.434 e. The molecule has 1 rings (SSSR count). The fourth-order valence-electron chi connectivity index (χ4n) is 1.44. The van der Waals surface area contributed by atoms with Gasteiger partial charge in [-0.25, -0.2) is 0 Å². The summed E-state index contributed by atoms with van der Waals surface area (Å²) < 4.78 is 28.4. The van der Waals surface area contributed by atoms with Crippen LogP contribution in [0.2, 0.25) is 0 Å². The van der Waals surface area contributed by atoms with Crippen LogP contribution in [-0.2, 0) is 0 Å². The Balaban J connectivity index is 3.37. The predicted octanol–water partition coefficient (Wildman–Crippen LogP) is 2.61. The van der Waals surface area contributed by atoms with Gasteiger partial charge in [0, 0.05) is 5.56 Å². The van der Waals surface area contributed by atoms with E-state index < -0.39 is 12.4 Å². The molecule has 0 heterocycles. The summed E-state index contributed by atoms with van der Waals surface area (Å²) in [5.41, 5.74) is 0.520. The second kappa shape index (κ2) is 4.83. The van der Waals surface area contributed by atoms with Gasteiger partial charge < -0.3 is 4.74 Å². The van der Waals surface area contributed by atoms with E-state index in [1.807, 2.05) is 0 Å². The number of Topliss-reactive ketones (excluding diaryl/α,β-unsaturated/α-hetero) is 1. The first-order chi connectivity index (χ1) is 7.45. The molecule has 5 heteroatoms. The molecule has 0 fully saturated rings. The maximum Gasteiger partial charge on any atom is 0.387 e. The van der Waals surface area contributed by atoms with E-state index in [-0.39, 0.29) is 16.9 Å². The normalized spacial score (nSPS) is 10.3. The lowest BCUT2D eigenvalue weighted by atomic mass is 10.0. The second-order valence-corrected chi connectivity index (χ2v) is 3.28. The van der Waals surface area contributed by atoms with Crippen LogP contribution < -0.4 is 4.74 Å². The first-order valence-corrected chi connectivity index (χ1v) is 4.51. The van der Waals surface area contributed by atoms with Gasteiger partial charge in [-0.2, -0.15) is 8.78 Å². The van der Waals surface area contributed by atoms with Crippen molar-refractivity contribution < 1.29 is 23.1 Å². The van der Waals surface area contributed by atoms with Crippen molar-refractivity contribution in [2.24, 2.45) is 0 Å². The second-order valence-electron chi connectivity index (χ2n) is 3.28. The highest BCUT2D eigenvalue weighted by atomic mass is 19.3. The van der Waals surface area contributed by atoms with Crippen molar-refractivity contribution in [1.82, 2.24) is 0 Å². The van der Waals surface area contributed by atoms with Gasteiger partial charge in [-0.15, -0.1) is 0 Å². The lowest BCUT2D eigenvalue weighted by Crippen LogP contribution is -2.09. The molecule has 0 amide bonds. The molecule has 1 aromatic rings. The summed E-state index contributed by atoms with van der Waals surface area (Å²) in [5, 5.41) is 0. The molecule has 0 unspecified atom stereocenters. The number of aldehydes is 1. The van der Waals surface area contributed by atoms with Gasteiger partial charge in [0.2, 0.25) is 0 Å². The maximum atomic E-state index is 12.1. The number of carbonyl (C=O) groups is 2. The number of carbonyl (C=O) groups excluding carboxylic acids is 2. The van der Waals surface area contributed by atoms with Gasteiger partial charge >= 0.3 is 6.61 Å². The zero-order valence-corrected chi connectivity index (χ0v) is 8.79. The average Bonchev–Trinajstić information content (AvgIpc) is 2.14. The Bertz CT molecular complexity index is 427. The van der Waals surface area contributed by atoms with Crippen LogP contribution in [0.5, 0.6) is 5.75 Å². The molecule has 0 radical (unpaired) electrons. The van der Waals surface area contributed by atoms with Gasteiger partial charge in [-0.05, 0) is 31.5 Å². The molecule has 0 aliphatic rings. The lowest BCUT2D eigenvalue weighted by molar-refractivity contribution is -0.0501. The molecule has 0 saturated heterocycles. The SMILES string of the molecule is CC(=O)c1c(C=O)cc(C)cc1OC(F)F. The van der Waals surface area contributed by atoms with Crippen LogP contribution in [0, 0.1) is 6.92 Å². The number of halogens is 2. The summed E-state index contributed by atoms with van der Waals surface area (Å²) in [6, 6.07) is 2.75. The van der Waals surface area contributed by atoms with Crippen LogP contribution >= 0.6 is 0 Å². The number of ether oxygens (including phenoxy) is 1. The molecule has 0 bridgehead atoms. The molecular formula is C11H10F2O3. The Kier molecular flexibility index (Phi) is 3.71. The van der Waals surface area contributed by atoms with Crippen molar-refractivity contribution in [3.05, 3.63) is 28.8 Å². The molecule has 0 spiro atoms. The zero-order chi connectivity index (χ0) is 12.3. The highest BCUT2D eigenvalue weighted by Crippen LogP contribution is 2.26. The smallest absolute Gasteiger partial charge is 0.387 e. The van der Waals surface area contributed by atoms with E-state index in [4.69, 9.17) is 0 Å². The Morgan fingerprint density at radius 1 is 1.44 bits per heavy atom. The van der Waals surface area contributed by atoms with Crippen LogP contribution in [0.15, 0.2) is 12.1 Å². The molecule has 1 aromatic carbocycles. The van der Waals surface area contributed by atoms with E-state index in [9.17, 15) is 18.4 Å². The number of aryl methyl sites for hydroxylation is 1. The minimum Gasteiger partial charge on any atom is -0.434 e. The Labute approximate surface area is 91.0 Å². The third kappa shape index (κ3) is 2.62. The maximum absolute atomic E-state index is 12.1. The Hall–Kier alpha value is -1.78. The minimum absolute atomic E-state index is 0.0585. The number of hydrogen-bond donors (Lipinski definition) is 0. The first-order valence-electron chi connectivity index (χ1n) is 4.51. The molecule has 16 heavy (non-hydrogen) atoms. The van der Waals surface area contributed by atoms with Gasteiger partial charge in [0.1, 0.15) is 5.75 Å². The fourth-order valence-corrected chi connectivity index (χ4v) is 1.44. The van der Waals surface area contributed by atoms with E-state index in [2.05, 4.69) is 4.74 Å². The van der Waals surface area contributed by atoms with Crippen molar-refractivity contribution >= 4 is 12.1 Å². The quantitative estimate of drug-likeness (QED) is 0.587. The predicted molar refractivity (Wildman–Crippen MR) is 53.2 cm³/mol. The number of benzene rings is 1. The van der Waals surface area contributed by atoms with E-state index in [0.29, 0.717) is 11.8 Å². The zero-order valence-electron chi connectivity index (χ0n) is 8.79. The van der Waals surface area contributed by atoms with Crippen molar-refractivity contribution in [2.75, 3.05) is 0 Å².